The lowest BCUT2D eigenvalue weighted by Crippen LogP contribution is -2.29. The van der Waals surface area contributed by atoms with Gasteiger partial charge in [0.05, 0.1) is 0 Å². The molecule has 1 N–H and O–H groups in total. The van der Waals surface area contributed by atoms with Crippen LogP contribution in [-0.2, 0) is 6.54 Å². The second-order valence-corrected chi connectivity index (χ2v) is 6.49. The van der Waals surface area contributed by atoms with Gasteiger partial charge in [0, 0.05) is 35.5 Å². The lowest BCUT2D eigenvalue weighted by molar-refractivity contribution is 0.578. The smallest absolute Gasteiger partial charge is 0.0400 e. The molecule has 2 nitrogen and oxygen atoms in total. The summed E-state index contributed by atoms with van der Waals surface area (Å²) in [6.45, 7) is 3.27. The van der Waals surface area contributed by atoms with Gasteiger partial charge >= 0.3 is 0 Å². The van der Waals surface area contributed by atoms with Crippen molar-refractivity contribution >= 4 is 27.3 Å². The zero-order chi connectivity index (χ0) is 14.5. The summed E-state index contributed by atoms with van der Waals surface area (Å²) in [6.07, 6.45) is 4.03. The molecular formula is C18H21BrN2. The maximum absolute atomic E-state index is 3.50. The maximum Gasteiger partial charge on any atom is 0.0400 e. The van der Waals surface area contributed by atoms with Crippen LogP contribution < -0.4 is 10.2 Å². The molecule has 2 aromatic carbocycles. The summed E-state index contributed by atoms with van der Waals surface area (Å²) in [5.74, 6) is 0. The molecule has 1 heterocycles. The molecule has 2 aromatic rings. The molecule has 3 rings (SSSR count). The van der Waals surface area contributed by atoms with Crippen molar-refractivity contribution in [3.8, 4) is 0 Å². The number of nitrogens with zero attached hydrogens (tertiary/aromatic N) is 1. The van der Waals surface area contributed by atoms with Crippen molar-refractivity contribution in [1.82, 2.24) is 0 Å². The number of benzene rings is 2. The zero-order valence-corrected chi connectivity index (χ0v) is 13.8. The number of hydrogen-bond acceptors (Lipinski definition) is 2. The van der Waals surface area contributed by atoms with Gasteiger partial charge in [0.2, 0.25) is 0 Å². The van der Waals surface area contributed by atoms with Crippen LogP contribution >= 0.6 is 15.9 Å². The van der Waals surface area contributed by atoms with E-state index in [1.807, 2.05) is 12.1 Å². The Labute approximate surface area is 135 Å². The Morgan fingerprint density at radius 3 is 2.43 bits per heavy atom. The first-order valence-corrected chi connectivity index (χ1v) is 8.44. The van der Waals surface area contributed by atoms with Gasteiger partial charge in [-0.05, 0) is 55.2 Å². The van der Waals surface area contributed by atoms with E-state index in [0.29, 0.717) is 0 Å². The number of rotatable bonds is 4. The van der Waals surface area contributed by atoms with E-state index in [2.05, 4.69) is 62.5 Å². The van der Waals surface area contributed by atoms with Gasteiger partial charge in [0.15, 0.2) is 0 Å². The fourth-order valence-corrected chi connectivity index (χ4v) is 3.18. The molecule has 0 radical (unpaired) electrons. The Hall–Kier alpha value is -1.48. The van der Waals surface area contributed by atoms with Crippen molar-refractivity contribution in [3.05, 3.63) is 58.6 Å². The predicted octanol–water partition coefficient (Wildman–Crippen LogP) is 5.05. The Kier molecular flexibility index (Phi) is 4.81. The normalized spacial score (nSPS) is 15.0. The standard InChI is InChI=1S/C18H21BrN2/c19-16-5-4-6-17(13-16)20-14-15-7-9-18(10-8-15)21-11-2-1-3-12-21/h4-10,13,20H,1-3,11-12,14H2. The molecule has 110 valence electrons. The Morgan fingerprint density at radius 2 is 1.71 bits per heavy atom. The Balaban J connectivity index is 1.59. The van der Waals surface area contributed by atoms with Gasteiger partial charge in [-0.3, -0.25) is 0 Å². The summed E-state index contributed by atoms with van der Waals surface area (Å²) in [5.41, 5.74) is 3.82. The van der Waals surface area contributed by atoms with E-state index in [1.165, 1.54) is 43.6 Å². The highest BCUT2D eigenvalue weighted by Crippen LogP contribution is 2.21. The first-order chi connectivity index (χ1) is 10.3. The van der Waals surface area contributed by atoms with E-state index < -0.39 is 0 Å². The molecule has 0 bridgehead atoms. The average molecular weight is 345 g/mol. The number of piperidine rings is 1. The minimum Gasteiger partial charge on any atom is -0.381 e. The molecule has 1 fully saturated rings. The zero-order valence-electron chi connectivity index (χ0n) is 12.2. The molecule has 1 aliphatic heterocycles. The van der Waals surface area contributed by atoms with Crippen LogP contribution in [0.5, 0.6) is 0 Å². The van der Waals surface area contributed by atoms with Crippen LogP contribution in [0.15, 0.2) is 53.0 Å². The minimum atomic E-state index is 0.858. The number of halogens is 1. The maximum atomic E-state index is 3.50. The first-order valence-electron chi connectivity index (χ1n) is 7.64. The summed E-state index contributed by atoms with van der Waals surface area (Å²) < 4.78 is 1.10. The third kappa shape index (κ3) is 4.01. The number of hydrogen-bond donors (Lipinski definition) is 1. The van der Waals surface area contributed by atoms with Gasteiger partial charge < -0.3 is 10.2 Å². The van der Waals surface area contributed by atoms with Crippen LogP contribution in [0.3, 0.4) is 0 Å². The molecule has 0 aliphatic carbocycles. The van der Waals surface area contributed by atoms with E-state index in [4.69, 9.17) is 0 Å². The van der Waals surface area contributed by atoms with E-state index in [1.54, 1.807) is 0 Å². The van der Waals surface area contributed by atoms with Crippen LogP contribution in [0.25, 0.3) is 0 Å². The van der Waals surface area contributed by atoms with E-state index >= 15 is 0 Å². The van der Waals surface area contributed by atoms with Crippen molar-refractivity contribution in [3.63, 3.8) is 0 Å². The van der Waals surface area contributed by atoms with Crippen LogP contribution in [-0.4, -0.2) is 13.1 Å². The Bertz CT molecular complexity index is 574. The molecule has 0 unspecified atom stereocenters. The predicted molar refractivity (Wildman–Crippen MR) is 94.0 cm³/mol. The molecule has 0 amide bonds. The molecule has 0 saturated carbocycles. The minimum absolute atomic E-state index is 0.858. The van der Waals surface area contributed by atoms with Gasteiger partial charge in [-0.25, -0.2) is 0 Å². The largest absolute Gasteiger partial charge is 0.381 e. The fraction of sp³-hybridized carbons (Fsp3) is 0.333. The summed E-state index contributed by atoms with van der Waals surface area (Å²) in [7, 11) is 0. The molecule has 0 atom stereocenters. The van der Waals surface area contributed by atoms with Gasteiger partial charge in [-0.15, -0.1) is 0 Å². The van der Waals surface area contributed by atoms with Gasteiger partial charge in [-0.2, -0.15) is 0 Å². The topological polar surface area (TPSA) is 15.3 Å². The van der Waals surface area contributed by atoms with Crippen LogP contribution in [0.1, 0.15) is 24.8 Å². The lowest BCUT2D eigenvalue weighted by atomic mass is 10.1. The molecule has 3 heteroatoms. The van der Waals surface area contributed by atoms with Crippen LogP contribution in [0.4, 0.5) is 11.4 Å². The van der Waals surface area contributed by atoms with Crippen LogP contribution in [0, 0.1) is 0 Å². The van der Waals surface area contributed by atoms with E-state index in [9.17, 15) is 0 Å². The number of anilines is 2. The lowest BCUT2D eigenvalue weighted by Gasteiger charge is -2.28. The highest BCUT2D eigenvalue weighted by atomic mass is 79.9. The molecule has 1 aliphatic rings. The summed E-state index contributed by atoms with van der Waals surface area (Å²) in [6, 6.07) is 17.2. The molecular weight excluding hydrogens is 324 g/mol. The monoisotopic (exact) mass is 344 g/mol. The molecule has 1 saturated heterocycles. The fourth-order valence-electron chi connectivity index (χ4n) is 2.78. The van der Waals surface area contributed by atoms with Gasteiger partial charge in [0.1, 0.15) is 0 Å². The second kappa shape index (κ2) is 6.99. The van der Waals surface area contributed by atoms with Crippen molar-refractivity contribution in [2.45, 2.75) is 25.8 Å². The van der Waals surface area contributed by atoms with Crippen molar-refractivity contribution in [2.24, 2.45) is 0 Å². The summed E-state index contributed by atoms with van der Waals surface area (Å²) in [4.78, 5) is 2.50. The summed E-state index contributed by atoms with van der Waals surface area (Å²) in [5, 5.41) is 3.46. The summed E-state index contributed by atoms with van der Waals surface area (Å²) >= 11 is 3.50. The van der Waals surface area contributed by atoms with Crippen molar-refractivity contribution < 1.29 is 0 Å². The Morgan fingerprint density at radius 1 is 0.952 bits per heavy atom. The highest BCUT2D eigenvalue weighted by molar-refractivity contribution is 9.10. The second-order valence-electron chi connectivity index (χ2n) is 5.58. The van der Waals surface area contributed by atoms with Gasteiger partial charge in [-0.1, -0.05) is 34.1 Å². The van der Waals surface area contributed by atoms with E-state index in [0.717, 1.165) is 16.7 Å². The van der Waals surface area contributed by atoms with Gasteiger partial charge in [0.25, 0.3) is 0 Å². The highest BCUT2D eigenvalue weighted by Gasteiger charge is 2.10. The van der Waals surface area contributed by atoms with Crippen molar-refractivity contribution in [1.29, 1.82) is 0 Å². The SMILES string of the molecule is Brc1cccc(NCc2ccc(N3CCCCC3)cc2)c1. The quantitative estimate of drug-likeness (QED) is 0.834. The first kappa shape index (κ1) is 14.5. The average Bonchev–Trinajstić information content (AvgIpc) is 2.54. The van der Waals surface area contributed by atoms with E-state index in [-0.39, 0.29) is 0 Å². The third-order valence-corrected chi connectivity index (χ3v) is 4.47. The molecule has 0 aromatic heterocycles. The number of nitrogens with one attached hydrogen (secondary N) is 1. The molecule has 21 heavy (non-hydrogen) atoms. The molecule has 0 spiro atoms. The van der Waals surface area contributed by atoms with Crippen molar-refractivity contribution in [2.75, 3.05) is 23.3 Å². The third-order valence-electron chi connectivity index (χ3n) is 3.98. The van der Waals surface area contributed by atoms with Crippen LogP contribution in [0.2, 0.25) is 0 Å².